The molecule has 0 saturated heterocycles. The van der Waals surface area contributed by atoms with E-state index in [9.17, 15) is 0 Å². The van der Waals surface area contributed by atoms with Gasteiger partial charge in [-0.2, -0.15) is 0 Å². The number of aliphatic imine (C=N–C) groups is 1. The van der Waals surface area contributed by atoms with Crippen LogP contribution < -0.4 is 15.8 Å². The molecular formula is C17H25N3O. The van der Waals surface area contributed by atoms with Crippen molar-refractivity contribution in [3.8, 4) is 5.75 Å². The summed E-state index contributed by atoms with van der Waals surface area (Å²) in [6.45, 7) is 6.15. The van der Waals surface area contributed by atoms with Gasteiger partial charge in [-0.05, 0) is 30.2 Å². The number of hydrogen-bond acceptors (Lipinski definition) is 2. The van der Waals surface area contributed by atoms with Crippen LogP contribution >= 0.6 is 0 Å². The van der Waals surface area contributed by atoms with Crippen molar-refractivity contribution < 1.29 is 4.74 Å². The minimum atomic E-state index is 0.207. The second kappa shape index (κ2) is 5.96. The quantitative estimate of drug-likeness (QED) is 0.661. The second-order valence-corrected chi connectivity index (χ2v) is 6.50. The number of nitrogens with one attached hydrogen (secondary N) is 1. The number of ether oxygens (including phenoxy) is 1. The van der Waals surface area contributed by atoms with E-state index in [1.807, 2.05) is 18.2 Å². The highest BCUT2D eigenvalue weighted by Crippen LogP contribution is 2.44. The highest BCUT2D eigenvalue weighted by Gasteiger charge is 2.38. The van der Waals surface area contributed by atoms with Gasteiger partial charge in [-0.3, -0.25) is 4.99 Å². The molecule has 0 aromatic heterocycles. The average Bonchev–Trinajstić information content (AvgIpc) is 3.25. The fraction of sp³-hybridized carbons (Fsp3) is 0.588. The van der Waals surface area contributed by atoms with Gasteiger partial charge in [-0.15, -0.1) is 0 Å². The van der Waals surface area contributed by atoms with E-state index in [-0.39, 0.29) is 6.04 Å². The van der Waals surface area contributed by atoms with Crippen molar-refractivity contribution >= 4 is 5.96 Å². The molecule has 1 aliphatic heterocycles. The van der Waals surface area contributed by atoms with Crippen LogP contribution in [-0.2, 0) is 0 Å². The molecule has 21 heavy (non-hydrogen) atoms. The van der Waals surface area contributed by atoms with Crippen molar-refractivity contribution in [2.24, 2.45) is 28.5 Å². The molecule has 3 atom stereocenters. The first-order valence-corrected chi connectivity index (χ1v) is 7.93. The van der Waals surface area contributed by atoms with Gasteiger partial charge in [0.05, 0.1) is 12.6 Å². The van der Waals surface area contributed by atoms with Gasteiger partial charge in [-0.25, -0.2) is 0 Å². The first kappa shape index (κ1) is 14.2. The summed E-state index contributed by atoms with van der Waals surface area (Å²) in [5.74, 6) is 3.85. The Morgan fingerprint density at radius 2 is 2.24 bits per heavy atom. The molecule has 3 N–H and O–H groups in total. The van der Waals surface area contributed by atoms with Gasteiger partial charge in [-0.1, -0.05) is 32.0 Å². The summed E-state index contributed by atoms with van der Waals surface area (Å²) in [7, 11) is 0. The van der Waals surface area contributed by atoms with Crippen LogP contribution in [0, 0.1) is 17.8 Å². The monoisotopic (exact) mass is 287 g/mol. The van der Waals surface area contributed by atoms with Gasteiger partial charge in [0.1, 0.15) is 5.75 Å². The molecule has 4 heteroatoms. The maximum atomic E-state index is 6.06. The molecule has 0 bridgehead atoms. The largest absolute Gasteiger partial charge is 0.493 e. The molecule has 2 aliphatic rings. The van der Waals surface area contributed by atoms with Crippen molar-refractivity contribution in [3.63, 3.8) is 0 Å². The molecule has 114 valence electrons. The van der Waals surface area contributed by atoms with Crippen LogP contribution in [0.1, 0.15) is 38.3 Å². The number of guanidine groups is 1. The Hall–Kier alpha value is -1.71. The van der Waals surface area contributed by atoms with E-state index in [2.05, 4.69) is 30.2 Å². The molecule has 0 radical (unpaired) electrons. The van der Waals surface area contributed by atoms with Crippen LogP contribution in [0.25, 0.3) is 0 Å². The summed E-state index contributed by atoms with van der Waals surface area (Å²) in [4.78, 5) is 4.53. The highest BCUT2D eigenvalue weighted by molar-refractivity contribution is 5.78. The lowest BCUT2D eigenvalue weighted by molar-refractivity contribution is 0.262. The zero-order valence-corrected chi connectivity index (χ0v) is 12.9. The predicted octanol–water partition coefficient (Wildman–Crippen LogP) is 2.71. The standard InChI is InChI=1S/C17H25N3O/c1-11(2)14-9-12(14)10-19-17(18)20-15-7-8-21-16-6-4-3-5-13(15)16/h3-6,11-12,14-15H,7-10H2,1-2H3,(H3,18,19,20)/t12-,14-,15?/m0/s1. The van der Waals surface area contributed by atoms with Crippen molar-refractivity contribution in [3.05, 3.63) is 29.8 Å². The minimum Gasteiger partial charge on any atom is -0.493 e. The van der Waals surface area contributed by atoms with Crippen LogP contribution in [0.2, 0.25) is 0 Å². The number of rotatable bonds is 4. The minimum absolute atomic E-state index is 0.207. The molecular weight excluding hydrogens is 262 g/mol. The Bertz CT molecular complexity index is 527. The smallest absolute Gasteiger partial charge is 0.189 e. The Labute approximate surface area is 126 Å². The number of benzene rings is 1. The lowest BCUT2D eigenvalue weighted by Gasteiger charge is -2.26. The third-order valence-corrected chi connectivity index (χ3v) is 4.61. The SMILES string of the molecule is CC(C)[C@@H]1C[C@H]1CN=C(N)NC1CCOc2ccccc21. The van der Waals surface area contributed by atoms with E-state index in [1.165, 1.54) is 12.0 Å². The fourth-order valence-corrected chi connectivity index (χ4v) is 3.23. The van der Waals surface area contributed by atoms with E-state index >= 15 is 0 Å². The number of hydrogen-bond donors (Lipinski definition) is 2. The molecule has 1 heterocycles. The molecule has 1 fully saturated rings. The summed E-state index contributed by atoms with van der Waals surface area (Å²) < 4.78 is 5.66. The van der Waals surface area contributed by atoms with Crippen molar-refractivity contribution in [1.82, 2.24) is 5.32 Å². The topological polar surface area (TPSA) is 59.6 Å². The van der Waals surface area contributed by atoms with E-state index in [0.717, 1.165) is 43.1 Å². The van der Waals surface area contributed by atoms with Gasteiger partial charge in [0.25, 0.3) is 0 Å². The van der Waals surface area contributed by atoms with Gasteiger partial charge >= 0.3 is 0 Å². The summed E-state index contributed by atoms with van der Waals surface area (Å²) >= 11 is 0. The molecule has 1 aromatic rings. The molecule has 1 aliphatic carbocycles. The summed E-state index contributed by atoms with van der Waals surface area (Å²) in [5, 5.41) is 3.35. The normalized spacial score (nSPS) is 28.0. The molecule has 4 nitrogen and oxygen atoms in total. The van der Waals surface area contributed by atoms with Crippen LogP contribution in [0.4, 0.5) is 0 Å². The Balaban J connectivity index is 1.57. The number of nitrogens with two attached hydrogens (primary N) is 1. The molecule has 1 saturated carbocycles. The van der Waals surface area contributed by atoms with Crippen molar-refractivity contribution in [1.29, 1.82) is 0 Å². The summed E-state index contributed by atoms with van der Waals surface area (Å²) in [6, 6.07) is 8.34. The molecule has 1 aromatic carbocycles. The number of para-hydroxylation sites is 1. The van der Waals surface area contributed by atoms with Crippen LogP contribution in [0.3, 0.4) is 0 Å². The maximum absolute atomic E-state index is 6.06. The third-order valence-electron chi connectivity index (χ3n) is 4.61. The number of nitrogens with zero attached hydrogens (tertiary/aromatic N) is 1. The van der Waals surface area contributed by atoms with Crippen LogP contribution in [0.15, 0.2) is 29.3 Å². The Morgan fingerprint density at radius 1 is 1.43 bits per heavy atom. The predicted molar refractivity (Wildman–Crippen MR) is 85.4 cm³/mol. The Morgan fingerprint density at radius 3 is 3.00 bits per heavy atom. The average molecular weight is 287 g/mol. The number of fused-ring (bicyclic) bond motifs is 1. The fourth-order valence-electron chi connectivity index (χ4n) is 3.23. The van der Waals surface area contributed by atoms with E-state index < -0.39 is 0 Å². The summed E-state index contributed by atoms with van der Waals surface area (Å²) in [5.41, 5.74) is 7.23. The molecule has 3 rings (SSSR count). The summed E-state index contributed by atoms with van der Waals surface area (Å²) in [6.07, 6.45) is 2.22. The third kappa shape index (κ3) is 3.31. The van der Waals surface area contributed by atoms with E-state index in [4.69, 9.17) is 10.5 Å². The second-order valence-electron chi connectivity index (χ2n) is 6.50. The first-order chi connectivity index (χ1) is 10.1. The van der Waals surface area contributed by atoms with Gasteiger partial charge < -0.3 is 15.8 Å². The first-order valence-electron chi connectivity index (χ1n) is 7.93. The lowest BCUT2D eigenvalue weighted by Crippen LogP contribution is -2.37. The Kier molecular flexibility index (Phi) is 4.04. The van der Waals surface area contributed by atoms with Crippen molar-refractivity contribution in [2.75, 3.05) is 13.2 Å². The molecule has 0 amide bonds. The highest BCUT2D eigenvalue weighted by atomic mass is 16.5. The van der Waals surface area contributed by atoms with Gasteiger partial charge in [0, 0.05) is 18.5 Å². The van der Waals surface area contributed by atoms with Gasteiger partial charge in [0.15, 0.2) is 5.96 Å². The van der Waals surface area contributed by atoms with Gasteiger partial charge in [0.2, 0.25) is 0 Å². The molecule has 1 unspecified atom stereocenters. The van der Waals surface area contributed by atoms with Crippen LogP contribution in [-0.4, -0.2) is 19.1 Å². The molecule has 0 spiro atoms. The van der Waals surface area contributed by atoms with Crippen molar-refractivity contribution in [2.45, 2.75) is 32.7 Å². The zero-order valence-electron chi connectivity index (χ0n) is 12.9. The lowest BCUT2D eigenvalue weighted by atomic mass is 10.0. The maximum Gasteiger partial charge on any atom is 0.189 e. The van der Waals surface area contributed by atoms with E-state index in [0.29, 0.717) is 5.96 Å². The van der Waals surface area contributed by atoms with E-state index in [1.54, 1.807) is 0 Å². The van der Waals surface area contributed by atoms with Crippen LogP contribution in [0.5, 0.6) is 5.75 Å². The zero-order chi connectivity index (χ0) is 14.8.